The van der Waals surface area contributed by atoms with Crippen molar-refractivity contribution >= 4 is 24.0 Å². The molecule has 0 radical (unpaired) electrons. The van der Waals surface area contributed by atoms with Crippen LogP contribution in [0.25, 0.3) is 12.2 Å². The predicted molar refractivity (Wildman–Crippen MR) is 115 cm³/mol. The van der Waals surface area contributed by atoms with Crippen LogP contribution in [-0.2, 0) is 16.0 Å². The fourth-order valence-corrected chi connectivity index (χ4v) is 3.36. The molecule has 1 N–H and O–H groups in total. The Balaban J connectivity index is 1.95. The van der Waals surface area contributed by atoms with Crippen LogP contribution in [0.5, 0.6) is 23.0 Å². The number of amides is 1. The number of alkyl halides is 3. The van der Waals surface area contributed by atoms with Crippen LogP contribution in [0.4, 0.5) is 13.2 Å². The highest BCUT2D eigenvalue weighted by Crippen LogP contribution is 2.37. The fraction of sp³-hybridized carbons (Fsp3) is 0.304. The smallest absolute Gasteiger partial charge is 0.471 e. The average Bonchev–Trinajstić information content (AvgIpc) is 3.27. The first kappa shape index (κ1) is 24.7. The number of benzene rings is 2. The molecule has 2 aromatic carbocycles. The van der Waals surface area contributed by atoms with Gasteiger partial charge in [0.25, 0.3) is 0 Å². The van der Waals surface area contributed by atoms with Crippen molar-refractivity contribution in [2.24, 2.45) is 0 Å². The SMILES string of the molecule is COC(=O)c1c(/C=C/c2cc3c(cc2CCNC(=O)C(F)(F)F)OCO3)ccc(OC)c1OC. The molecule has 2 aromatic rings. The Morgan fingerprint density at radius 3 is 2.32 bits per heavy atom. The first-order chi connectivity index (χ1) is 16.2. The Labute approximate surface area is 193 Å². The molecule has 3 rings (SSSR count). The molecule has 0 saturated carbocycles. The number of rotatable bonds is 8. The van der Waals surface area contributed by atoms with Crippen molar-refractivity contribution in [1.29, 1.82) is 0 Å². The lowest BCUT2D eigenvalue weighted by atomic mass is 10.00. The van der Waals surface area contributed by atoms with Gasteiger partial charge in [0, 0.05) is 6.54 Å². The minimum Gasteiger partial charge on any atom is -0.493 e. The molecule has 1 amide bonds. The molecule has 1 aliphatic rings. The van der Waals surface area contributed by atoms with E-state index < -0.39 is 18.1 Å². The molecule has 8 nitrogen and oxygen atoms in total. The molecule has 0 saturated heterocycles. The molecule has 34 heavy (non-hydrogen) atoms. The van der Waals surface area contributed by atoms with Crippen molar-refractivity contribution in [1.82, 2.24) is 5.32 Å². The van der Waals surface area contributed by atoms with Crippen molar-refractivity contribution in [3.63, 3.8) is 0 Å². The van der Waals surface area contributed by atoms with Crippen molar-refractivity contribution in [3.8, 4) is 23.0 Å². The van der Waals surface area contributed by atoms with Crippen LogP contribution in [0.2, 0.25) is 0 Å². The van der Waals surface area contributed by atoms with Crippen LogP contribution in [0.15, 0.2) is 24.3 Å². The van der Waals surface area contributed by atoms with Gasteiger partial charge in [-0.05, 0) is 41.3 Å². The highest BCUT2D eigenvalue weighted by atomic mass is 19.4. The summed E-state index contributed by atoms with van der Waals surface area (Å²) in [6, 6.07) is 6.56. The van der Waals surface area contributed by atoms with E-state index in [9.17, 15) is 22.8 Å². The first-order valence-corrected chi connectivity index (χ1v) is 9.98. The molecule has 0 aliphatic carbocycles. The van der Waals surface area contributed by atoms with Gasteiger partial charge in [-0.2, -0.15) is 13.2 Å². The van der Waals surface area contributed by atoms with E-state index in [0.29, 0.717) is 33.9 Å². The Hall–Kier alpha value is -3.89. The number of fused-ring (bicyclic) bond motifs is 1. The number of carbonyl (C=O) groups excluding carboxylic acids is 2. The van der Waals surface area contributed by atoms with E-state index in [1.807, 2.05) is 5.32 Å². The summed E-state index contributed by atoms with van der Waals surface area (Å²) in [4.78, 5) is 23.6. The van der Waals surface area contributed by atoms with Crippen LogP contribution in [0.1, 0.15) is 27.0 Å². The van der Waals surface area contributed by atoms with E-state index in [1.165, 1.54) is 21.3 Å². The molecule has 1 aliphatic heterocycles. The molecule has 11 heteroatoms. The molecule has 0 aromatic heterocycles. The third-order valence-corrected chi connectivity index (χ3v) is 4.98. The van der Waals surface area contributed by atoms with E-state index in [0.717, 1.165) is 0 Å². The molecule has 0 bridgehead atoms. The van der Waals surface area contributed by atoms with Gasteiger partial charge in [-0.25, -0.2) is 4.79 Å². The maximum absolute atomic E-state index is 12.5. The van der Waals surface area contributed by atoms with E-state index in [-0.39, 0.29) is 31.1 Å². The van der Waals surface area contributed by atoms with Crippen LogP contribution >= 0.6 is 0 Å². The van der Waals surface area contributed by atoms with Crippen molar-refractivity contribution in [2.45, 2.75) is 12.6 Å². The van der Waals surface area contributed by atoms with Gasteiger partial charge in [0.2, 0.25) is 6.79 Å². The van der Waals surface area contributed by atoms with Crippen molar-refractivity contribution in [2.75, 3.05) is 34.7 Å². The monoisotopic (exact) mass is 481 g/mol. The quantitative estimate of drug-likeness (QED) is 0.455. The minimum atomic E-state index is -4.96. The third-order valence-electron chi connectivity index (χ3n) is 4.98. The van der Waals surface area contributed by atoms with E-state index in [1.54, 1.807) is 36.4 Å². The zero-order valence-corrected chi connectivity index (χ0v) is 18.6. The summed E-state index contributed by atoms with van der Waals surface area (Å²) in [7, 11) is 4.06. The second-order valence-electron chi connectivity index (χ2n) is 7.00. The molecule has 0 fully saturated rings. The zero-order chi connectivity index (χ0) is 24.9. The van der Waals surface area contributed by atoms with Gasteiger partial charge in [0.05, 0.1) is 21.3 Å². The van der Waals surface area contributed by atoms with Crippen LogP contribution < -0.4 is 24.3 Å². The standard InChI is InChI=1S/C23H22F3NO7/c1-30-16-7-6-13(19(20(16)31-2)21(28)32-3)4-5-14-10-17-18(34-12-33-17)11-15(14)8-9-27-22(29)23(24,25)26/h4-7,10-11H,8-9,12H2,1-3H3,(H,27,29)/b5-4+. The highest BCUT2D eigenvalue weighted by molar-refractivity contribution is 5.98. The number of esters is 1. The van der Waals surface area contributed by atoms with Gasteiger partial charge in [-0.3, -0.25) is 4.79 Å². The normalized spacial score (nSPS) is 12.5. The fourth-order valence-electron chi connectivity index (χ4n) is 3.36. The summed E-state index contributed by atoms with van der Waals surface area (Å²) in [5.74, 6) is -1.23. The van der Waals surface area contributed by atoms with Crippen LogP contribution in [0.3, 0.4) is 0 Å². The molecule has 0 unspecified atom stereocenters. The van der Waals surface area contributed by atoms with Gasteiger partial charge in [-0.15, -0.1) is 0 Å². The summed E-state index contributed by atoms with van der Waals surface area (Å²) in [6.07, 6.45) is -1.58. The van der Waals surface area contributed by atoms with Gasteiger partial charge in [-0.1, -0.05) is 18.2 Å². The van der Waals surface area contributed by atoms with E-state index in [4.69, 9.17) is 23.7 Å². The predicted octanol–water partition coefficient (Wildman–Crippen LogP) is 3.61. The van der Waals surface area contributed by atoms with Gasteiger partial charge in [0.1, 0.15) is 5.56 Å². The zero-order valence-electron chi connectivity index (χ0n) is 18.6. The molecule has 182 valence electrons. The number of halogens is 3. The lowest BCUT2D eigenvalue weighted by molar-refractivity contribution is -0.173. The maximum Gasteiger partial charge on any atom is 0.471 e. The molecular weight excluding hydrogens is 459 g/mol. The second kappa shape index (κ2) is 10.4. The lowest BCUT2D eigenvalue weighted by Crippen LogP contribution is -2.37. The van der Waals surface area contributed by atoms with Crippen molar-refractivity contribution < 1.29 is 46.4 Å². The van der Waals surface area contributed by atoms with Gasteiger partial charge < -0.3 is 29.0 Å². The Bertz CT molecular complexity index is 1110. The summed E-state index contributed by atoms with van der Waals surface area (Å²) in [6.45, 7) is -0.239. The number of carbonyl (C=O) groups is 2. The molecule has 0 spiro atoms. The highest BCUT2D eigenvalue weighted by Gasteiger charge is 2.38. The Morgan fingerprint density at radius 1 is 1.03 bits per heavy atom. The first-order valence-electron chi connectivity index (χ1n) is 9.98. The van der Waals surface area contributed by atoms with E-state index in [2.05, 4.69) is 0 Å². The van der Waals surface area contributed by atoms with Crippen LogP contribution in [0, 0.1) is 0 Å². The van der Waals surface area contributed by atoms with Gasteiger partial charge >= 0.3 is 18.1 Å². The number of ether oxygens (including phenoxy) is 5. The van der Waals surface area contributed by atoms with Gasteiger partial charge in [0.15, 0.2) is 23.0 Å². The minimum absolute atomic E-state index is 0.00885. The maximum atomic E-state index is 12.5. The largest absolute Gasteiger partial charge is 0.493 e. The van der Waals surface area contributed by atoms with E-state index >= 15 is 0 Å². The molecular formula is C23H22F3NO7. The topological polar surface area (TPSA) is 92.3 Å². The average molecular weight is 481 g/mol. The summed E-state index contributed by atoms with van der Waals surface area (Å²) < 4.78 is 63.6. The summed E-state index contributed by atoms with van der Waals surface area (Å²) >= 11 is 0. The van der Waals surface area contributed by atoms with Crippen molar-refractivity contribution in [3.05, 3.63) is 46.5 Å². The number of nitrogens with one attached hydrogen (secondary N) is 1. The lowest BCUT2D eigenvalue weighted by Gasteiger charge is -2.14. The third kappa shape index (κ3) is 5.36. The summed E-state index contributed by atoms with van der Waals surface area (Å²) in [5, 5.41) is 1.85. The van der Waals surface area contributed by atoms with Crippen LogP contribution in [-0.4, -0.2) is 52.7 Å². The molecule has 1 heterocycles. The summed E-state index contributed by atoms with van der Waals surface area (Å²) in [5.41, 5.74) is 1.79. The number of methoxy groups -OCH3 is 3. The Morgan fingerprint density at radius 2 is 1.71 bits per heavy atom. The number of hydrogen-bond acceptors (Lipinski definition) is 7. The number of hydrogen-bond donors (Lipinski definition) is 1. The second-order valence-corrected chi connectivity index (χ2v) is 7.00. The Kier molecular flexibility index (Phi) is 7.54. The molecule has 0 atom stereocenters.